The van der Waals surface area contributed by atoms with Crippen LogP contribution in [0, 0.1) is 28.8 Å². The maximum atomic E-state index is 14.1. The van der Waals surface area contributed by atoms with E-state index in [1.807, 2.05) is 18.7 Å². The Morgan fingerprint density at radius 1 is 1.27 bits per heavy atom. The monoisotopic (exact) mass is 309 g/mol. The molecule has 7 heteroatoms. The molecule has 1 aromatic carbocycles. The van der Waals surface area contributed by atoms with E-state index < -0.39 is 10.7 Å². The number of carbonyl (C=O) groups is 1. The molecule has 1 heterocycles. The van der Waals surface area contributed by atoms with Gasteiger partial charge in [0.1, 0.15) is 0 Å². The molecule has 0 radical (unpaired) electrons. The molecule has 0 bridgehead atoms. The van der Waals surface area contributed by atoms with Crippen LogP contribution in [0.1, 0.15) is 19.4 Å². The minimum absolute atomic E-state index is 0.0510. The molecule has 120 valence electrons. The number of hydrogen-bond donors (Lipinski definition) is 0. The lowest BCUT2D eigenvalue weighted by molar-refractivity contribution is -0.385. The van der Waals surface area contributed by atoms with E-state index in [-0.39, 0.29) is 17.5 Å². The summed E-state index contributed by atoms with van der Waals surface area (Å²) in [4.78, 5) is 25.8. The normalized spacial score (nSPS) is 15.3. The molecule has 0 N–H and O–H groups in total. The van der Waals surface area contributed by atoms with Gasteiger partial charge in [-0.15, -0.1) is 0 Å². The fraction of sp³-hybridized carbons (Fsp3) is 0.533. The molecule has 1 saturated heterocycles. The number of benzene rings is 1. The van der Waals surface area contributed by atoms with Crippen LogP contribution in [0.4, 0.5) is 15.8 Å². The van der Waals surface area contributed by atoms with Crippen LogP contribution < -0.4 is 4.90 Å². The average Bonchev–Trinajstić information content (AvgIpc) is 2.48. The van der Waals surface area contributed by atoms with Crippen molar-refractivity contribution in [2.24, 2.45) is 5.92 Å². The number of piperazine rings is 1. The van der Waals surface area contributed by atoms with E-state index in [0.29, 0.717) is 37.4 Å². The van der Waals surface area contributed by atoms with Crippen LogP contribution in [0.15, 0.2) is 12.1 Å². The lowest BCUT2D eigenvalue weighted by atomic mass is 10.1. The molecule has 0 spiro atoms. The summed E-state index contributed by atoms with van der Waals surface area (Å²) in [5, 5.41) is 10.8. The van der Waals surface area contributed by atoms with Crippen molar-refractivity contribution in [3.05, 3.63) is 33.6 Å². The minimum atomic E-state index is -0.596. The first-order chi connectivity index (χ1) is 10.3. The highest BCUT2D eigenvalue weighted by Crippen LogP contribution is 2.28. The Kier molecular flexibility index (Phi) is 4.63. The summed E-state index contributed by atoms with van der Waals surface area (Å²) in [7, 11) is 0. The highest BCUT2D eigenvalue weighted by atomic mass is 19.1. The number of nitro groups is 1. The summed E-state index contributed by atoms with van der Waals surface area (Å²) >= 11 is 0. The van der Waals surface area contributed by atoms with Crippen molar-refractivity contribution in [2.75, 3.05) is 31.1 Å². The first-order valence-corrected chi connectivity index (χ1v) is 7.29. The predicted molar refractivity (Wildman–Crippen MR) is 81.4 cm³/mol. The molecular formula is C15H20FN3O3. The molecule has 1 aliphatic heterocycles. The second-order valence-electron chi connectivity index (χ2n) is 5.81. The number of halogens is 1. The van der Waals surface area contributed by atoms with Crippen molar-refractivity contribution >= 4 is 17.3 Å². The first kappa shape index (κ1) is 16.2. The quantitative estimate of drug-likeness (QED) is 0.635. The van der Waals surface area contributed by atoms with E-state index in [1.54, 1.807) is 11.8 Å². The number of amides is 1. The Balaban J connectivity index is 2.13. The largest absolute Gasteiger partial charge is 0.366 e. The minimum Gasteiger partial charge on any atom is -0.366 e. The maximum absolute atomic E-state index is 14.1. The lowest BCUT2D eigenvalue weighted by Gasteiger charge is -2.37. The summed E-state index contributed by atoms with van der Waals surface area (Å²) in [6.07, 6.45) is 0. The Morgan fingerprint density at radius 3 is 2.36 bits per heavy atom. The molecule has 0 aliphatic carbocycles. The van der Waals surface area contributed by atoms with Crippen LogP contribution in [-0.2, 0) is 4.79 Å². The Morgan fingerprint density at radius 2 is 1.86 bits per heavy atom. The molecule has 1 fully saturated rings. The van der Waals surface area contributed by atoms with E-state index in [2.05, 4.69) is 0 Å². The number of hydrogen-bond acceptors (Lipinski definition) is 4. The van der Waals surface area contributed by atoms with Crippen molar-refractivity contribution in [1.82, 2.24) is 4.90 Å². The summed E-state index contributed by atoms with van der Waals surface area (Å²) < 4.78 is 14.1. The molecule has 1 aliphatic rings. The number of nitrogens with zero attached hydrogens (tertiary/aromatic N) is 3. The molecule has 0 atom stereocenters. The van der Waals surface area contributed by atoms with Crippen molar-refractivity contribution in [1.29, 1.82) is 0 Å². The van der Waals surface area contributed by atoms with E-state index >= 15 is 0 Å². The van der Waals surface area contributed by atoms with Crippen LogP contribution in [0.25, 0.3) is 0 Å². The summed E-state index contributed by atoms with van der Waals surface area (Å²) in [5.41, 5.74) is 0.580. The van der Waals surface area contributed by atoms with E-state index in [1.165, 1.54) is 6.07 Å². The van der Waals surface area contributed by atoms with Gasteiger partial charge in [-0.05, 0) is 13.0 Å². The van der Waals surface area contributed by atoms with Crippen molar-refractivity contribution in [3.63, 3.8) is 0 Å². The smallest absolute Gasteiger partial charge is 0.275 e. The van der Waals surface area contributed by atoms with Crippen LogP contribution in [0.3, 0.4) is 0 Å². The molecular weight excluding hydrogens is 289 g/mol. The Labute approximate surface area is 128 Å². The van der Waals surface area contributed by atoms with Gasteiger partial charge in [-0.3, -0.25) is 14.9 Å². The number of rotatable bonds is 3. The molecule has 2 rings (SSSR count). The highest BCUT2D eigenvalue weighted by Gasteiger charge is 2.25. The molecule has 6 nitrogen and oxygen atoms in total. The summed E-state index contributed by atoms with van der Waals surface area (Å²) in [5.74, 6) is -0.550. The third-order valence-corrected chi connectivity index (χ3v) is 3.89. The van der Waals surface area contributed by atoms with Crippen molar-refractivity contribution in [3.8, 4) is 0 Å². The second-order valence-corrected chi connectivity index (χ2v) is 5.81. The standard InChI is InChI=1S/C15H20FN3O3/c1-10(2)15(20)18-6-4-17(5-7-18)14-8-11(3)13(19(21)22)9-12(14)16/h8-10H,4-7H2,1-3H3. The number of anilines is 1. The van der Waals surface area contributed by atoms with Crippen LogP contribution in [0.5, 0.6) is 0 Å². The molecule has 0 aromatic heterocycles. The third kappa shape index (κ3) is 3.18. The van der Waals surface area contributed by atoms with Crippen LogP contribution >= 0.6 is 0 Å². The van der Waals surface area contributed by atoms with Crippen LogP contribution in [-0.4, -0.2) is 41.9 Å². The topological polar surface area (TPSA) is 66.7 Å². The lowest BCUT2D eigenvalue weighted by Crippen LogP contribution is -2.50. The van der Waals surface area contributed by atoms with Gasteiger partial charge in [0, 0.05) is 37.7 Å². The van der Waals surface area contributed by atoms with Crippen molar-refractivity contribution in [2.45, 2.75) is 20.8 Å². The first-order valence-electron chi connectivity index (χ1n) is 7.29. The Hall–Kier alpha value is -2.18. The van der Waals surface area contributed by atoms with Crippen LogP contribution in [0.2, 0.25) is 0 Å². The van der Waals surface area contributed by atoms with E-state index in [9.17, 15) is 19.3 Å². The predicted octanol–water partition coefficient (Wildman–Crippen LogP) is 2.35. The van der Waals surface area contributed by atoms with Gasteiger partial charge in [0.15, 0.2) is 5.82 Å². The van der Waals surface area contributed by atoms with E-state index in [0.717, 1.165) is 6.07 Å². The number of carbonyl (C=O) groups excluding carboxylic acids is 1. The SMILES string of the molecule is Cc1cc(N2CCN(C(=O)C(C)C)CC2)c(F)cc1[N+](=O)[O-]. The summed E-state index contributed by atoms with van der Waals surface area (Å²) in [6, 6.07) is 2.48. The maximum Gasteiger partial charge on any atom is 0.275 e. The van der Waals surface area contributed by atoms with Gasteiger partial charge in [-0.25, -0.2) is 4.39 Å². The van der Waals surface area contributed by atoms with Gasteiger partial charge in [0.25, 0.3) is 5.69 Å². The Bertz CT molecular complexity index is 596. The average molecular weight is 309 g/mol. The van der Waals surface area contributed by atoms with Gasteiger partial charge in [0.05, 0.1) is 16.7 Å². The van der Waals surface area contributed by atoms with Crippen molar-refractivity contribution < 1.29 is 14.1 Å². The molecule has 1 aromatic rings. The third-order valence-electron chi connectivity index (χ3n) is 3.89. The second kappa shape index (κ2) is 6.29. The fourth-order valence-corrected chi connectivity index (χ4v) is 2.63. The highest BCUT2D eigenvalue weighted by molar-refractivity contribution is 5.78. The number of aryl methyl sites for hydroxylation is 1. The van der Waals surface area contributed by atoms with Gasteiger partial charge >= 0.3 is 0 Å². The fourth-order valence-electron chi connectivity index (χ4n) is 2.63. The molecule has 1 amide bonds. The van der Waals surface area contributed by atoms with Gasteiger partial charge in [-0.1, -0.05) is 13.8 Å². The van der Waals surface area contributed by atoms with Gasteiger partial charge in [-0.2, -0.15) is 0 Å². The molecule has 22 heavy (non-hydrogen) atoms. The zero-order valence-electron chi connectivity index (χ0n) is 13.0. The zero-order chi connectivity index (χ0) is 16.4. The van der Waals surface area contributed by atoms with Gasteiger partial charge < -0.3 is 9.80 Å². The van der Waals surface area contributed by atoms with E-state index in [4.69, 9.17) is 0 Å². The number of nitro benzene ring substituents is 1. The molecule has 0 saturated carbocycles. The molecule has 0 unspecified atom stereocenters. The zero-order valence-corrected chi connectivity index (χ0v) is 13.0. The van der Waals surface area contributed by atoms with Gasteiger partial charge in [0.2, 0.25) is 5.91 Å². The summed E-state index contributed by atoms with van der Waals surface area (Å²) in [6.45, 7) is 7.42.